The van der Waals surface area contributed by atoms with Crippen molar-refractivity contribution in [1.29, 1.82) is 0 Å². The molecule has 2 aromatic rings. The molecule has 0 spiro atoms. The van der Waals surface area contributed by atoms with Gasteiger partial charge in [0.15, 0.2) is 6.29 Å². The second-order valence-corrected chi connectivity index (χ2v) is 8.68. The van der Waals surface area contributed by atoms with E-state index in [2.05, 4.69) is 17.2 Å². The first kappa shape index (κ1) is 31.4. The van der Waals surface area contributed by atoms with Gasteiger partial charge in [-0.3, -0.25) is 14.5 Å². The Morgan fingerprint density at radius 1 is 1.16 bits per heavy atom. The van der Waals surface area contributed by atoms with E-state index in [-0.39, 0.29) is 18.2 Å². The first-order valence-electron chi connectivity index (χ1n) is 11.6. The number of phenols is 1. The molecule has 2 atom stereocenters. The molecule has 0 heterocycles. The van der Waals surface area contributed by atoms with Crippen molar-refractivity contribution in [3.63, 3.8) is 0 Å². The van der Waals surface area contributed by atoms with E-state index >= 15 is 0 Å². The molecule has 0 saturated carbocycles. The van der Waals surface area contributed by atoms with Crippen molar-refractivity contribution < 1.29 is 33.4 Å². The van der Waals surface area contributed by atoms with Gasteiger partial charge >= 0.3 is 0 Å². The third-order valence-corrected chi connectivity index (χ3v) is 5.12. The highest BCUT2D eigenvalue weighted by molar-refractivity contribution is 5.96. The van der Waals surface area contributed by atoms with E-state index in [1.807, 2.05) is 30.3 Å². The summed E-state index contributed by atoms with van der Waals surface area (Å²) in [6.07, 6.45) is 0.955. The smallest absolute Gasteiger partial charge is 0.257 e. The number of rotatable bonds is 12. The summed E-state index contributed by atoms with van der Waals surface area (Å²) in [6, 6.07) is 13.2. The Bertz CT molecular complexity index is 1030. The van der Waals surface area contributed by atoms with Crippen LogP contribution < -0.4 is 10.6 Å². The van der Waals surface area contributed by atoms with E-state index in [4.69, 9.17) is 0 Å². The van der Waals surface area contributed by atoms with Crippen LogP contribution in [0.5, 0.6) is 5.75 Å². The second kappa shape index (κ2) is 15.5. The fourth-order valence-corrected chi connectivity index (χ4v) is 3.35. The third kappa shape index (κ3) is 12.2. The molecule has 0 aliphatic rings. The number of amides is 2. The minimum Gasteiger partial charge on any atom is -0.508 e. The van der Waals surface area contributed by atoms with Crippen LogP contribution in [0.1, 0.15) is 28.4 Å². The predicted molar refractivity (Wildman–Crippen MR) is 138 cm³/mol. The molecular weight excluding hydrogens is 484 g/mol. The standard InChI is InChI=1S/C18H19NO4.C9H16F2N2O/c1-12-14(8-5-9-16(12)21)18(23)19-15(17(22)11-20)10-13-6-3-2-4-7-13;1-4-5-12-8(14)6-13(3)7-9(2,10)11/h2-9,11,15,17,21-22H,10H2,1H3,(H,19,23);4H,1,5-7H2,2-3H3,(H,12,14). The maximum absolute atomic E-state index is 12.5. The highest BCUT2D eigenvalue weighted by atomic mass is 19.3. The largest absolute Gasteiger partial charge is 0.508 e. The van der Waals surface area contributed by atoms with Crippen LogP contribution in [0.3, 0.4) is 0 Å². The van der Waals surface area contributed by atoms with Crippen molar-refractivity contribution in [2.75, 3.05) is 26.7 Å². The fraction of sp³-hybridized carbons (Fsp3) is 0.370. The van der Waals surface area contributed by atoms with Crippen LogP contribution in [-0.4, -0.2) is 78.0 Å². The average Bonchev–Trinajstić information content (AvgIpc) is 2.83. The zero-order valence-corrected chi connectivity index (χ0v) is 21.3. The number of hydrogen-bond donors (Lipinski definition) is 4. The summed E-state index contributed by atoms with van der Waals surface area (Å²) >= 11 is 0. The fourth-order valence-electron chi connectivity index (χ4n) is 3.35. The van der Waals surface area contributed by atoms with Crippen molar-refractivity contribution in [1.82, 2.24) is 15.5 Å². The van der Waals surface area contributed by atoms with E-state index < -0.39 is 30.5 Å². The van der Waals surface area contributed by atoms with Gasteiger partial charge in [0.05, 0.1) is 19.1 Å². The molecule has 4 N–H and O–H groups in total. The van der Waals surface area contributed by atoms with Gasteiger partial charge in [-0.05, 0) is 38.1 Å². The van der Waals surface area contributed by atoms with Crippen LogP contribution in [-0.2, 0) is 16.0 Å². The number of carbonyl (C=O) groups excluding carboxylic acids is 3. The van der Waals surface area contributed by atoms with Crippen molar-refractivity contribution in [2.45, 2.75) is 38.3 Å². The first-order valence-corrected chi connectivity index (χ1v) is 11.6. The van der Waals surface area contributed by atoms with Gasteiger partial charge in [-0.1, -0.05) is 42.5 Å². The van der Waals surface area contributed by atoms with E-state index in [1.165, 1.54) is 24.1 Å². The van der Waals surface area contributed by atoms with Gasteiger partial charge in [-0.15, -0.1) is 6.58 Å². The molecule has 0 bridgehead atoms. The average molecular weight is 520 g/mol. The summed E-state index contributed by atoms with van der Waals surface area (Å²) in [6.45, 7) is 5.78. The molecule has 2 unspecified atom stereocenters. The van der Waals surface area contributed by atoms with Crippen LogP contribution >= 0.6 is 0 Å². The molecule has 2 amide bonds. The predicted octanol–water partition coefficient (Wildman–Crippen LogP) is 2.48. The lowest BCUT2D eigenvalue weighted by Crippen LogP contribution is -2.45. The quantitative estimate of drug-likeness (QED) is 0.253. The maximum atomic E-state index is 12.5. The number of halogens is 2. The molecule has 0 aliphatic heterocycles. The van der Waals surface area contributed by atoms with Crippen molar-refractivity contribution >= 4 is 18.1 Å². The summed E-state index contributed by atoms with van der Waals surface area (Å²) in [5, 5.41) is 24.7. The van der Waals surface area contributed by atoms with Crippen LogP contribution in [0.15, 0.2) is 61.2 Å². The SMILES string of the molecule is C=CCNC(=O)CN(C)CC(C)(F)F.Cc1c(O)cccc1C(=O)NC(Cc1ccccc1)C(O)C=O. The molecule has 10 heteroatoms. The molecular formula is C27H35F2N3O5. The normalized spacial score (nSPS) is 12.5. The van der Waals surface area contributed by atoms with Gasteiger partial charge < -0.3 is 25.6 Å². The van der Waals surface area contributed by atoms with E-state index in [9.17, 15) is 33.4 Å². The Kier molecular flexibility index (Phi) is 13.1. The molecule has 0 aliphatic carbocycles. The number of phenolic OH excluding ortho intramolecular Hbond substituents is 1. The molecule has 0 aromatic heterocycles. The molecule has 0 saturated heterocycles. The number of aliphatic hydroxyl groups is 1. The monoisotopic (exact) mass is 519 g/mol. The van der Waals surface area contributed by atoms with Crippen LogP contribution in [0.25, 0.3) is 0 Å². The Labute approximate surface area is 216 Å². The number of benzene rings is 2. The summed E-state index contributed by atoms with van der Waals surface area (Å²) in [5.41, 5.74) is 1.65. The number of nitrogens with one attached hydrogen (secondary N) is 2. The summed E-state index contributed by atoms with van der Waals surface area (Å²) in [5.74, 6) is -3.47. The third-order valence-electron chi connectivity index (χ3n) is 5.12. The van der Waals surface area contributed by atoms with Crippen LogP contribution in [0.2, 0.25) is 0 Å². The lowest BCUT2D eigenvalue weighted by atomic mass is 10.0. The number of likely N-dealkylation sites (N-methyl/N-ethyl adjacent to an activating group) is 1. The van der Waals surface area contributed by atoms with Gasteiger partial charge in [0, 0.05) is 24.6 Å². The van der Waals surface area contributed by atoms with Crippen molar-refractivity contribution in [2.24, 2.45) is 0 Å². The minimum absolute atomic E-state index is 0.0215. The molecule has 0 fully saturated rings. The molecule has 0 radical (unpaired) electrons. The molecule has 8 nitrogen and oxygen atoms in total. The Hall–Kier alpha value is -3.63. The number of carbonyl (C=O) groups is 3. The zero-order valence-electron chi connectivity index (χ0n) is 21.3. The number of hydrogen-bond acceptors (Lipinski definition) is 6. The van der Waals surface area contributed by atoms with Gasteiger partial charge in [-0.25, -0.2) is 8.78 Å². The van der Waals surface area contributed by atoms with Crippen LogP contribution in [0, 0.1) is 6.92 Å². The summed E-state index contributed by atoms with van der Waals surface area (Å²) in [4.78, 5) is 35.7. The summed E-state index contributed by atoms with van der Waals surface area (Å²) in [7, 11) is 1.48. The van der Waals surface area contributed by atoms with E-state index in [1.54, 1.807) is 19.1 Å². The Morgan fingerprint density at radius 3 is 2.38 bits per heavy atom. The lowest BCUT2D eigenvalue weighted by Gasteiger charge is -2.21. The lowest BCUT2D eigenvalue weighted by molar-refractivity contribution is -0.122. The number of aromatic hydroxyl groups is 1. The second-order valence-electron chi connectivity index (χ2n) is 8.68. The summed E-state index contributed by atoms with van der Waals surface area (Å²) < 4.78 is 25.0. The van der Waals surface area contributed by atoms with Crippen molar-refractivity contribution in [3.05, 3.63) is 77.9 Å². The van der Waals surface area contributed by atoms with E-state index in [0.717, 1.165) is 12.5 Å². The molecule has 2 aromatic carbocycles. The molecule has 202 valence electrons. The minimum atomic E-state index is -2.77. The number of aliphatic hydroxyl groups excluding tert-OH is 1. The highest BCUT2D eigenvalue weighted by Crippen LogP contribution is 2.20. The van der Waals surface area contributed by atoms with Crippen LogP contribution in [0.4, 0.5) is 8.78 Å². The number of alkyl halides is 2. The number of aldehydes is 1. The Morgan fingerprint density at radius 2 is 1.81 bits per heavy atom. The molecule has 37 heavy (non-hydrogen) atoms. The number of nitrogens with zero attached hydrogens (tertiary/aromatic N) is 1. The van der Waals surface area contributed by atoms with Gasteiger partial charge in [0.1, 0.15) is 11.9 Å². The van der Waals surface area contributed by atoms with Gasteiger partial charge in [0.25, 0.3) is 11.8 Å². The zero-order chi connectivity index (χ0) is 28.0. The van der Waals surface area contributed by atoms with Gasteiger partial charge in [-0.2, -0.15) is 0 Å². The Balaban J connectivity index is 0.000000422. The van der Waals surface area contributed by atoms with E-state index in [0.29, 0.717) is 30.4 Å². The highest BCUT2D eigenvalue weighted by Gasteiger charge is 2.24. The first-order chi connectivity index (χ1) is 17.4. The van der Waals surface area contributed by atoms with Gasteiger partial charge in [0.2, 0.25) is 5.91 Å². The maximum Gasteiger partial charge on any atom is 0.257 e. The molecule has 2 rings (SSSR count). The topological polar surface area (TPSA) is 119 Å². The van der Waals surface area contributed by atoms with Crippen molar-refractivity contribution in [3.8, 4) is 5.75 Å².